The SMILES string of the molecule is Cc1ccc(C(O)c2ccccc2C2CCC2)cc1Cl. The largest absolute Gasteiger partial charge is 0.384 e. The fraction of sp³-hybridized carbons (Fsp3) is 0.333. The molecule has 1 unspecified atom stereocenters. The second-order valence-corrected chi connectivity index (χ2v) is 6.08. The molecule has 0 bridgehead atoms. The number of rotatable bonds is 3. The van der Waals surface area contributed by atoms with Crippen molar-refractivity contribution in [3.8, 4) is 0 Å². The lowest BCUT2D eigenvalue weighted by molar-refractivity contribution is 0.217. The molecule has 2 aromatic carbocycles. The van der Waals surface area contributed by atoms with Crippen molar-refractivity contribution in [3.63, 3.8) is 0 Å². The molecular weight excluding hydrogens is 268 g/mol. The van der Waals surface area contributed by atoms with Crippen molar-refractivity contribution in [2.24, 2.45) is 0 Å². The van der Waals surface area contributed by atoms with Crippen LogP contribution in [0.15, 0.2) is 42.5 Å². The topological polar surface area (TPSA) is 20.2 Å². The smallest absolute Gasteiger partial charge is 0.104 e. The molecule has 3 rings (SSSR count). The van der Waals surface area contributed by atoms with E-state index < -0.39 is 6.10 Å². The fourth-order valence-electron chi connectivity index (χ4n) is 2.81. The Labute approximate surface area is 125 Å². The maximum atomic E-state index is 10.7. The summed E-state index contributed by atoms with van der Waals surface area (Å²) in [5, 5.41) is 11.4. The number of benzene rings is 2. The fourth-order valence-corrected chi connectivity index (χ4v) is 3.00. The predicted molar refractivity (Wildman–Crippen MR) is 83.3 cm³/mol. The van der Waals surface area contributed by atoms with Gasteiger partial charge in [0.1, 0.15) is 6.10 Å². The first kappa shape index (κ1) is 13.7. The molecule has 1 nitrogen and oxygen atoms in total. The van der Waals surface area contributed by atoms with E-state index in [-0.39, 0.29) is 0 Å². The zero-order chi connectivity index (χ0) is 14.1. The molecule has 1 aliphatic rings. The van der Waals surface area contributed by atoms with Gasteiger partial charge in [0.15, 0.2) is 0 Å². The normalized spacial score (nSPS) is 16.8. The van der Waals surface area contributed by atoms with Crippen LogP contribution in [-0.4, -0.2) is 5.11 Å². The van der Waals surface area contributed by atoms with Gasteiger partial charge in [-0.25, -0.2) is 0 Å². The van der Waals surface area contributed by atoms with Crippen LogP contribution < -0.4 is 0 Å². The van der Waals surface area contributed by atoms with Crippen molar-refractivity contribution in [2.75, 3.05) is 0 Å². The number of halogens is 1. The molecule has 1 aliphatic carbocycles. The Kier molecular flexibility index (Phi) is 3.82. The van der Waals surface area contributed by atoms with E-state index in [9.17, 15) is 5.11 Å². The average molecular weight is 287 g/mol. The zero-order valence-corrected chi connectivity index (χ0v) is 12.4. The average Bonchev–Trinajstić information content (AvgIpc) is 2.40. The van der Waals surface area contributed by atoms with E-state index in [1.54, 1.807) is 0 Å². The van der Waals surface area contributed by atoms with Gasteiger partial charge in [0, 0.05) is 5.02 Å². The van der Waals surface area contributed by atoms with E-state index in [2.05, 4.69) is 12.1 Å². The van der Waals surface area contributed by atoms with Crippen LogP contribution in [0.4, 0.5) is 0 Å². The van der Waals surface area contributed by atoms with Gasteiger partial charge in [-0.2, -0.15) is 0 Å². The van der Waals surface area contributed by atoms with Crippen LogP contribution in [-0.2, 0) is 0 Å². The quantitative estimate of drug-likeness (QED) is 0.842. The van der Waals surface area contributed by atoms with Gasteiger partial charge in [-0.05, 0) is 54.0 Å². The number of hydrogen-bond donors (Lipinski definition) is 1. The van der Waals surface area contributed by atoms with Gasteiger partial charge < -0.3 is 5.11 Å². The van der Waals surface area contributed by atoms with Crippen molar-refractivity contribution >= 4 is 11.6 Å². The molecule has 1 fully saturated rings. The summed E-state index contributed by atoms with van der Waals surface area (Å²) in [4.78, 5) is 0. The first-order chi connectivity index (χ1) is 9.66. The molecule has 0 saturated heterocycles. The van der Waals surface area contributed by atoms with Crippen molar-refractivity contribution in [3.05, 3.63) is 69.7 Å². The molecule has 1 N–H and O–H groups in total. The van der Waals surface area contributed by atoms with Crippen LogP contribution in [0.25, 0.3) is 0 Å². The van der Waals surface area contributed by atoms with Crippen LogP contribution in [0.5, 0.6) is 0 Å². The predicted octanol–water partition coefficient (Wildman–Crippen LogP) is 5.00. The summed E-state index contributed by atoms with van der Waals surface area (Å²) in [5.41, 5.74) is 4.22. The summed E-state index contributed by atoms with van der Waals surface area (Å²) in [6.07, 6.45) is 3.17. The van der Waals surface area contributed by atoms with Gasteiger partial charge in [-0.3, -0.25) is 0 Å². The Balaban J connectivity index is 1.97. The first-order valence-corrected chi connectivity index (χ1v) is 7.57. The van der Waals surface area contributed by atoms with E-state index >= 15 is 0 Å². The molecule has 1 atom stereocenters. The van der Waals surface area contributed by atoms with E-state index in [1.807, 2.05) is 37.3 Å². The molecule has 2 aromatic rings. The Morgan fingerprint density at radius 3 is 2.55 bits per heavy atom. The van der Waals surface area contributed by atoms with Gasteiger partial charge >= 0.3 is 0 Å². The number of aliphatic hydroxyl groups is 1. The molecule has 2 heteroatoms. The minimum absolute atomic E-state index is 0.593. The van der Waals surface area contributed by atoms with Gasteiger partial charge in [0.2, 0.25) is 0 Å². The highest BCUT2D eigenvalue weighted by Crippen LogP contribution is 2.40. The maximum Gasteiger partial charge on any atom is 0.104 e. The van der Waals surface area contributed by atoms with Crippen molar-refractivity contribution in [1.82, 2.24) is 0 Å². The van der Waals surface area contributed by atoms with Crippen LogP contribution in [0.1, 0.15) is 53.5 Å². The molecule has 0 amide bonds. The molecule has 104 valence electrons. The lowest BCUT2D eigenvalue weighted by atomic mass is 9.77. The molecule has 1 saturated carbocycles. The lowest BCUT2D eigenvalue weighted by Crippen LogP contribution is -2.13. The van der Waals surface area contributed by atoms with Crippen LogP contribution in [0.2, 0.25) is 5.02 Å². The molecule has 0 spiro atoms. The highest BCUT2D eigenvalue weighted by atomic mass is 35.5. The Morgan fingerprint density at radius 1 is 1.15 bits per heavy atom. The number of hydrogen-bond acceptors (Lipinski definition) is 1. The van der Waals surface area contributed by atoms with Crippen molar-refractivity contribution in [1.29, 1.82) is 0 Å². The Morgan fingerprint density at radius 2 is 1.90 bits per heavy atom. The summed E-state index contributed by atoms with van der Waals surface area (Å²) < 4.78 is 0. The van der Waals surface area contributed by atoms with Gasteiger partial charge in [0.25, 0.3) is 0 Å². The van der Waals surface area contributed by atoms with Gasteiger partial charge in [-0.1, -0.05) is 54.4 Å². The first-order valence-electron chi connectivity index (χ1n) is 7.20. The number of aliphatic hydroxyl groups excluding tert-OH is 1. The van der Waals surface area contributed by atoms with Crippen LogP contribution >= 0.6 is 11.6 Å². The maximum absolute atomic E-state index is 10.7. The minimum atomic E-state index is -0.593. The third kappa shape index (κ3) is 2.48. The molecule has 0 radical (unpaired) electrons. The molecule has 0 aromatic heterocycles. The van der Waals surface area contributed by atoms with E-state index in [0.717, 1.165) is 16.7 Å². The van der Waals surface area contributed by atoms with Gasteiger partial charge in [0.05, 0.1) is 0 Å². The summed E-state index contributed by atoms with van der Waals surface area (Å²) in [5.74, 6) is 0.613. The minimum Gasteiger partial charge on any atom is -0.384 e. The molecule has 0 heterocycles. The van der Waals surface area contributed by atoms with Crippen molar-refractivity contribution in [2.45, 2.75) is 38.2 Å². The third-order valence-corrected chi connectivity index (χ3v) is 4.75. The summed E-state index contributed by atoms with van der Waals surface area (Å²) >= 11 is 6.18. The van der Waals surface area contributed by atoms with Gasteiger partial charge in [-0.15, -0.1) is 0 Å². The molecule has 20 heavy (non-hydrogen) atoms. The van der Waals surface area contributed by atoms with E-state index in [4.69, 9.17) is 11.6 Å². The monoisotopic (exact) mass is 286 g/mol. The summed E-state index contributed by atoms with van der Waals surface area (Å²) in [6.45, 7) is 1.97. The van der Waals surface area contributed by atoms with Crippen LogP contribution in [0, 0.1) is 6.92 Å². The molecule has 0 aliphatic heterocycles. The standard InChI is InChI=1S/C18H19ClO/c1-12-9-10-14(11-17(12)19)18(20)16-8-3-2-7-15(16)13-5-4-6-13/h2-3,7-11,13,18,20H,4-6H2,1H3. The lowest BCUT2D eigenvalue weighted by Gasteiger charge is -2.29. The van der Waals surface area contributed by atoms with Crippen LogP contribution in [0.3, 0.4) is 0 Å². The van der Waals surface area contributed by atoms with Crippen molar-refractivity contribution < 1.29 is 5.11 Å². The third-order valence-electron chi connectivity index (χ3n) is 4.35. The second-order valence-electron chi connectivity index (χ2n) is 5.67. The Bertz CT molecular complexity index is 617. The number of aryl methyl sites for hydroxylation is 1. The highest BCUT2D eigenvalue weighted by Gasteiger charge is 2.24. The van der Waals surface area contributed by atoms with E-state index in [1.165, 1.54) is 24.8 Å². The van der Waals surface area contributed by atoms with E-state index in [0.29, 0.717) is 10.9 Å². The Hall–Kier alpha value is -1.31. The summed E-state index contributed by atoms with van der Waals surface area (Å²) in [6, 6.07) is 14.0. The second kappa shape index (κ2) is 5.59. The summed E-state index contributed by atoms with van der Waals surface area (Å²) in [7, 11) is 0. The molecular formula is C18H19ClO. The zero-order valence-electron chi connectivity index (χ0n) is 11.6. The highest BCUT2D eigenvalue weighted by molar-refractivity contribution is 6.31.